The Balaban J connectivity index is 3.13. The molecule has 0 N–H and O–H groups in total. The molecule has 0 rings (SSSR count). The molecule has 0 saturated carbocycles. The second-order valence-electron chi connectivity index (χ2n) is 1.36. The maximum Gasteiger partial charge on any atom is 0.0428 e. The number of hydrogen-bond acceptors (Lipinski definition) is 2. The molecule has 1 atom stereocenters. The predicted octanol–water partition coefficient (Wildman–Crippen LogP) is -0.246. The topological polar surface area (TPSA) is 40.1 Å². The average molecular weight is 122 g/mol. The van der Waals surface area contributed by atoms with E-state index in [0.717, 1.165) is 0 Å². The second-order valence-corrected chi connectivity index (χ2v) is 2.10. The Hall–Kier alpha value is -0.240. The highest BCUT2D eigenvalue weighted by molar-refractivity contribution is 6.21. The van der Waals surface area contributed by atoms with Crippen LogP contribution >= 0.6 is 11.6 Å². The van der Waals surface area contributed by atoms with Crippen molar-refractivity contribution in [1.29, 1.82) is 0 Å². The Kier molecular flexibility index (Phi) is 2.76. The van der Waals surface area contributed by atoms with Gasteiger partial charge in [-0.05, 0) is 6.92 Å². The van der Waals surface area contributed by atoms with Crippen LogP contribution in [0.1, 0.15) is 13.3 Å². The van der Waals surface area contributed by atoms with Gasteiger partial charge in [-0.25, -0.2) is 0 Å². The third-order valence-electron chi connectivity index (χ3n) is 0.448. The molecule has 0 aromatic heterocycles. The molecule has 0 amide bonds. The van der Waals surface area contributed by atoms with Crippen LogP contribution in [-0.4, -0.2) is 11.3 Å². The SMILES string of the molecule is C[C@@H](Cl)CC(=O)[O-]. The van der Waals surface area contributed by atoms with Gasteiger partial charge in [0.1, 0.15) is 0 Å². The summed E-state index contributed by atoms with van der Waals surface area (Å²) in [5.41, 5.74) is 0. The minimum Gasteiger partial charge on any atom is -0.550 e. The monoisotopic (exact) mass is 121 g/mol. The molecule has 0 saturated heterocycles. The van der Waals surface area contributed by atoms with Gasteiger partial charge in [-0.15, -0.1) is 11.6 Å². The van der Waals surface area contributed by atoms with E-state index in [1.807, 2.05) is 0 Å². The molecule has 3 heteroatoms. The molecule has 7 heavy (non-hydrogen) atoms. The molecule has 0 heterocycles. The lowest BCUT2D eigenvalue weighted by Gasteiger charge is -2.00. The third-order valence-corrected chi connectivity index (χ3v) is 0.602. The van der Waals surface area contributed by atoms with Crippen molar-refractivity contribution in [3.05, 3.63) is 0 Å². The third kappa shape index (κ3) is 5.76. The zero-order chi connectivity index (χ0) is 5.86. The number of carbonyl (C=O) groups is 1. The van der Waals surface area contributed by atoms with Crippen molar-refractivity contribution >= 4 is 17.6 Å². The zero-order valence-electron chi connectivity index (χ0n) is 3.98. The van der Waals surface area contributed by atoms with Crippen LogP contribution < -0.4 is 5.11 Å². The lowest BCUT2D eigenvalue weighted by atomic mass is 10.3. The highest BCUT2D eigenvalue weighted by Gasteiger charge is 1.92. The maximum atomic E-state index is 9.61. The number of carboxylic acids is 1. The molecule has 2 nitrogen and oxygen atoms in total. The summed E-state index contributed by atoms with van der Waals surface area (Å²) in [7, 11) is 0. The summed E-state index contributed by atoms with van der Waals surface area (Å²) in [5, 5.41) is 9.30. The molecule has 42 valence electrons. The number of alkyl halides is 1. The standard InChI is InChI=1S/C4H7ClO2/c1-3(5)2-4(6)7/h3H,2H2,1H3,(H,6,7)/p-1/t3-/m1/s1. The van der Waals surface area contributed by atoms with Gasteiger partial charge in [-0.2, -0.15) is 0 Å². The van der Waals surface area contributed by atoms with Crippen molar-refractivity contribution in [2.24, 2.45) is 0 Å². The Morgan fingerprint density at radius 2 is 2.43 bits per heavy atom. The van der Waals surface area contributed by atoms with Gasteiger partial charge >= 0.3 is 0 Å². The van der Waals surface area contributed by atoms with Crippen LogP contribution in [0, 0.1) is 0 Å². The fourth-order valence-electron chi connectivity index (χ4n) is 0.230. The van der Waals surface area contributed by atoms with E-state index in [-0.39, 0.29) is 11.8 Å². The second kappa shape index (κ2) is 2.86. The van der Waals surface area contributed by atoms with E-state index in [4.69, 9.17) is 11.6 Å². The molecule has 0 spiro atoms. The Bertz CT molecular complexity index is 70.1. The molecule has 0 radical (unpaired) electrons. The molecule has 0 bridgehead atoms. The van der Waals surface area contributed by atoms with E-state index in [1.165, 1.54) is 0 Å². The van der Waals surface area contributed by atoms with Crippen LogP contribution in [0.4, 0.5) is 0 Å². The van der Waals surface area contributed by atoms with Gasteiger partial charge in [0.25, 0.3) is 0 Å². The largest absolute Gasteiger partial charge is 0.550 e. The normalized spacial score (nSPS) is 13.4. The summed E-state index contributed by atoms with van der Waals surface area (Å²) in [6.07, 6.45) is -0.0679. The average Bonchev–Trinajstić information content (AvgIpc) is 1.27. The Morgan fingerprint density at radius 1 is 2.00 bits per heavy atom. The molecular weight excluding hydrogens is 115 g/mol. The van der Waals surface area contributed by atoms with Crippen molar-refractivity contribution in [3.8, 4) is 0 Å². The number of halogens is 1. The summed E-state index contributed by atoms with van der Waals surface area (Å²) >= 11 is 5.25. The summed E-state index contributed by atoms with van der Waals surface area (Å²) in [5.74, 6) is -1.09. The lowest BCUT2D eigenvalue weighted by molar-refractivity contribution is -0.305. The van der Waals surface area contributed by atoms with E-state index >= 15 is 0 Å². The summed E-state index contributed by atoms with van der Waals surface area (Å²) in [6, 6.07) is 0. The van der Waals surface area contributed by atoms with Gasteiger partial charge in [0.15, 0.2) is 0 Å². The summed E-state index contributed by atoms with van der Waals surface area (Å²) in [4.78, 5) is 9.61. The van der Waals surface area contributed by atoms with Crippen LogP contribution in [0.5, 0.6) is 0 Å². The first-order valence-corrected chi connectivity index (χ1v) is 2.40. The fourth-order valence-corrected chi connectivity index (χ4v) is 0.356. The van der Waals surface area contributed by atoms with Gasteiger partial charge in [0.2, 0.25) is 0 Å². The van der Waals surface area contributed by atoms with E-state index < -0.39 is 5.97 Å². The van der Waals surface area contributed by atoms with Crippen molar-refractivity contribution in [2.75, 3.05) is 0 Å². The smallest absolute Gasteiger partial charge is 0.0428 e. The molecule has 0 aliphatic carbocycles. The molecule has 0 aliphatic heterocycles. The van der Waals surface area contributed by atoms with Crippen LogP contribution in [0.25, 0.3) is 0 Å². The van der Waals surface area contributed by atoms with Gasteiger partial charge in [-0.3, -0.25) is 0 Å². The highest BCUT2D eigenvalue weighted by atomic mass is 35.5. The van der Waals surface area contributed by atoms with E-state index in [0.29, 0.717) is 0 Å². The molecule has 0 unspecified atom stereocenters. The Labute approximate surface area is 47.1 Å². The van der Waals surface area contributed by atoms with Crippen molar-refractivity contribution < 1.29 is 9.90 Å². The summed E-state index contributed by atoms with van der Waals surface area (Å²) in [6.45, 7) is 1.61. The highest BCUT2D eigenvalue weighted by Crippen LogP contribution is 1.96. The van der Waals surface area contributed by atoms with Gasteiger partial charge in [0, 0.05) is 17.8 Å². The summed E-state index contributed by atoms with van der Waals surface area (Å²) < 4.78 is 0. The lowest BCUT2D eigenvalue weighted by Crippen LogP contribution is -2.24. The molecule has 0 aliphatic rings. The first-order valence-electron chi connectivity index (χ1n) is 1.97. The zero-order valence-corrected chi connectivity index (χ0v) is 4.73. The van der Waals surface area contributed by atoms with E-state index in [2.05, 4.69) is 0 Å². The van der Waals surface area contributed by atoms with E-state index in [1.54, 1.807) is 6.92 Å². The first-order chi connectivity index (χ1) is 3.13. The first kappa shape index (κ1) is 6.76. The minimum absolute atomic E-state index is 0.0679. The molecular formula is C4H6ClO2-. The minimum atomic E-state index is -1.09. The fraction of sp³-hybridized carbons (Fsp3) is 0.750. The van der Waals surface area contributed by atoms with Crippen LogP contribution in [0.3, 0.4) is 0 Å². The number of hydrogen-bond donors (Lipinski definition) is 0. The van der Waals surface area contributed by atoms with Gasteiger partial charge < -0.3 is 9.90 Å². The molecule has 0 aromatic carbocycles. The molecule has 0 aromatic rings. The van der Waals surface area contributed by atoms with Crippen molar-refractivity contribution in [2.45, 2.75) is 18.7 Å². The van der Waals surface area contributed by atoms with Gasteiger partial charge in [0.05, 0.1) is 0 Å². The molecule has 0 fully saturated rings. The number of carbonyl (C=O) groups excluding carboxylic acids is 1. The van der Waals surface area contributed by atoms with Crippen molar-refractivity contribution in [3.63, 3.8) is 0 Å². The van der Waals surface area contributed by atoms with Gasteiger partial charge in [-0.1, -0.05) is 0 Å². The number of aliphatic carboxylic acids is 1. The number of rotatable bonds is 2. The predicted molar refractivity (Wildman–Crippen MR) is 24.9 cm³/mol. The van der Waals surface area contributed by atoms with Crippen LogP contribution in [0.2, 0.25) is 0 Å². The number of carboxylic acid groups (broad SMARTS) is 1. The maximum absolute atomic E-state index is 9.61. The van der Waals surface area contributed by atoms with Crippen LogP contribution in [0.15, 0.2) is 0 Å². The quantitative estimate of drug-likeness (QED) is 0.473. The Morgan fingerprint density at radius 3 is 2.43 bits per heavy atom. The van der Waals surface area contributed by atoms with E-state index in [9.17, 15) is 9.90 Å². The van der Waals surface area contributed by atoms with Crippen molar-refractivity contribution in [1.82, 2.24) is 0 Å². The van der Waals surface area contributed by atoms with Crippen LogP contribution in [-0.2, 0) is 4.79 Å².